The number of rotatable bonds is 5. The zero-order valence-electron chi connectivity index (χ0n) is 14.8. The number of nitrogens with zero attached hydrogens (tertiary/aromatic N) is 2. The van der Waals surface area contributed by atoms with Gasteiger partial charge in [0.15, 0.2) is 14.6 Å². The van der Waals surface area contributed by atoms with Crippen LogP contribution in [0, 0.1) is 19.3 Å². The molecule has 0 saturated carbocycles. The number of amides is 1. The summed E-state index contributed by atoms with van der Waals surface area (Å²) in [5, 5.41) is 0. The molecule has 0 N–H and O–H groups in total. The van der Waals surface area contributed by atoms with Crippen molar-refractivity contribution in [3.8, 4) is 12.3 Å². The molecule has 1 amide bonds. The highest BCUT2D eigenvalue weighted by molar-refractivity contribution is 7.91. The van der Waals surface area contributed by atoms with E-state index >= 15 is 0 Å². The molecule has 0 atom stereocenters. The highest BCUT2D eigenvalue weighted by atomic mass is 32.2. The molecule has 7 heteroatoms. The van der Waals surface area contributed by atoms with Gasteiger partial charge in [0.2, 0.25) is 0 Å². The van der Waals surface area contributed by atoms with Crippen molar-refractivity contribution >= 4 is 37.3 Å². The maximum Gasteiger partial charge on any atom is 0.263 e. The molecule has 138 valence electrons. The van der Waals surface area contributed by atoms with Gasteiger partial charge in [0.25, 0.3) is 5.91 Å². The van der Waals surface area contributed by atoms with Crippen LogP contribution in [0.3, 0.4) is 0 Å². The first kappa shape index (κ1) is 19.1. The van der Waals surface area contributed by atoms with Gasteiger partial charge in [-0.1, -0.05) is 53.7 Å². The summed E-state index contributed by atoms with van der Waals surface area (Å²) in [6.07, 6.45) is 5.44. The van der Waals surface area contributed by atoms with E-state index in [-0.39, 0.29) is 12.3 Å². The van der Waals surface area contributed by atoms with Crippen LogP contribution in [0.1, 0.15) is 11.1 Å². The van der Waals surface area contributed by atoms with Crippen molar-refractivity contribution in [1.29, 1.82) is 0 Å². The first-order valence-electron chi connectivity index (χ1n) is 8.23. The lowest BCUT2D eigenvalue weighted by Gasteiger charge is -2.02. The molecule has 3 aromatic rings. The van der Waals surface area contributed by atoms with Crippen LogP contribution in [0.4, 0.5) is 0 Å². The molecule has 1 heterocycles. The van der Waals surface area contributed by atoms with E-state index < -0.39 is 21.5 Å². The molecule has 0 aliphatic carbocycles. The predicted molar refractivity (Wildman–Crippen MR) is 108 cm³/mol. The number of fused-ring (bicyclic) bond motifs is 1. The Morgan fingerprint density at radius 1 is 1.22 bits per heavy atom. The van der Waals surface area contributed by atoms with Crippen LogP contribution in [0.25, 0.3) is 10.2 Å². The summed E-state index contributed by atoms with van der Waals surface area (Å²) in [4.78, 5) is 16.8. The summed E-state index contributed by atoms with van der Waals surface area (Å²) in [7, 11) is -3.60. The van der Waals surface area contributed by atoms with Crippen LogP contribution < -0.4 is 4.80 Å². The van der Waals surface area contributed by atoms with Crippen molar-refractivity contribution in [3.05, 3.63) is 64.5 Å². The minimum atomic E-state index is -3.60. The van der Waals surface area contributed by atoms with Gasteiger partial charge in [0.1, 0.15) is 5.75 Å². The van der Waals surface area contributed by atoms with E-state index in [1.165, 1.54) is 11.3 Å². The number of carbonyl (C=O) groups excluding carboxylic acids is 1. The number of benzene rings is 2. The zero-order valence-corrected chi connectivity index (χ0v) is 16.4. The Hall–Kier alpha value is -2.69. The topological polar surface area (TPSA) is 68.5 Å². The fraction of sp³-hybridized carbons (Fsp3) is 0.200. The molecule has 0 radical (unpaired) electrons. The largest absolute Gasteiger partial charge is 0.305 e. The number of aryl methyl sites for hydroxylation is 1. The molecular formula is C20H18N2O3S2. The van der Waals surface area contributed by atoms with Crippen molar-refractivity contribution < 1.29 is 13.2 Å². The Balaban J connectivity index is 1.91. The molecule has 3 rings (SSSR count). The fourth-order valence-electron chi connectivity index (χ4n) is 2.72. The Morgan fingerprint density at radius 2 is 1.96 bits per heavy atom. The van der Waals surface area contributed by atoms with E-state index in [4.69, 9.17) is 6.42 Å². The van der Waals surface area contributed by atoms with Crippen LogP contribution in [0.5, 0.6) is 0 Å². The van der Waals surface area contributed by atoms with Gasteiger partial charge in [-0.25, -0.2) is 8.42 Å². The summed E-state index contributed by atoms with van der Waals surface area (Å²) < 4.78 is 27.3. The van der Waals surface area contributed by atoms with Gasteiger partial charge in [-0.3, -0.25) is 4.79 Å². The van der Waals surface area contributed by atoms with Gasteiger partial charge in [0.05, 0.1) is 22.5 Å². The third kappa shape index (κ3) is 4.73. The monoisotopic (exact) mass is 398 g/mol. The quantitative estimate of drug-likeness (QED) is 0.621. The van der Waals surface area contributed by atoms with Gasteiger partial charge in [0, 0.05) is 0 Å². The molecule has 0 aliphatic rings. The minimum Gasteiger partial charge on any atom is -0.305 e. The standard InChI is InChI=1S/C20H18N2O3S2/c1-3-11-22-17-10-9-15(2)12-18(17)26-20(22)21-19(23)14-27(24,25)13-16-7-5-4-6-8-16/h1,4-10,12H,11,13-14H2,2H3. The van der Waals surface area contributed by atoms with Crippen LogP contribution >= 0.6 is 11.3 Å². The Morgan fingerprint density at radius 3 is 2.67 bits per heavy atom. The first-order valence-corrected chi connectivity index (χ1v) is 10.9. The molecule has 0 aliphatic heterocycles. The van der Waals surface area contributed by atoms with Crippen molar-refractivity contribution in [1.82, 2.24) is 4.57 Å². The van der Waals surface area contributed by atoms with E-state index in [9.17, 15) is 13.2 Å². The predicted octanol–water partition coefficient (Wildman–Crippen LogP) is 2.69. The van der Waals surface area contributed by atoms with E-state index in [2.05, 4.69) is 10.9 Å². The molecular weight excluding hydrogens is 380 g/mol. The maximum atomic E-state index is 12.3. The number of aromatic nitrogens is 1. The van der Waals surface area contributed by atoms with Crippen molar-refractivity contribution in [2.45, 2.75) is 19.2 Å². The molecule has 5 nitrogen and oxygen atoms in total. The van der Waals surface area contributed by atoms with Crippen molar-refractivity contribution in [2.24, 2.45) is 4.99 Å². The van der Waals surface area contributed by atoms with Gasteiger partial charge < -0.3 is 4.57 Å². The molecule has 1 aromatic heterocycles. The van der Waals surface area contributed by atoms with Gasteiger partial charge >= 0.3 is 0 Å². The highest BCUT2D eigenvalue weighted by Gasteiger charge is 2.17. The smallest absolute Gasteiger partial charge is 0.263 e. The van der Waals surface area contributed by atoms with Crippen LogP contribution in [0.15, 0.2) is 53.5 Å². The summed E-state index contributed by atoms with van der Waals surface area (Å²) >= 11 is 1.32. The molecule has 0 saturated heterocycles. The molecule has 0 unspecified atom stereocenters. The van der Waals surface area contributed by atoms with Gasteiger partial charge in [-0.15, -0.1) is 6.42 Å². The molecule has 0 bridgehead atoms. The number of hydrogen-bond donors (Lipinski definition) is 0. The van der Waals surface area contributed by atoms with Gasteiger partial charge in [-0.2, -0.15) is 4.99 Å². The summed E-state index contributed by atoms with van der Waals surface area (Å²) in [6, 6.07) is 14.6. The fourth-order valence-corrected chi connectivity index (χ4v) is 5.10. The van der Waals surface area contributed by atoms with E-state index in [1.807, 2.05) is 31.2 Å². The number of terminal acetylenes is 1. The lowest BCUT2D eigenvalue weighted by atomic mass is 10.2. The summed E-state index contributed by atoms with van der Waals surface area (Å²) in [6.45, 7) is 2.23. The number of carbonyl (C=O) groups is 1. The van der Waals surface area contributed by atoms with Crippen molar-refractivity contribution in [2.75, 3.05) is 5.75 Å². The van der Waals surface area contributed by atoms with Crippen LogP contribution in [-0.4, -0.2) is 24.6 Å². The van der Waals surface area contributed by atoms with Crippen molar-refractivity contribution in [3.63, 3.8) is 0 Å². The van der Waals surface area contributed by atoms with Crippen LogP contribution in [0.2, 0.25) is 0 Å². The normalized spacial score (nSPS) is 12.2. The number of sulfone groups is 1. The second-order valence-corrected chi connectivity index (χ2v) is 9.24. The zero-order chi connectivity index (χ0) is 19.4. The second kappa shape index (κ2) is 7.91. The Bertz CT molecular complexity index is 1200. The minimum absolute atomic E-state index is 0.189. The number of thiazole rings is 1. The molecule has 0 spiro atoms. The average molecular weight is 399 g/mol. The third-order valence-electron chi connectivity index (χ3n) is 3.88. The molecule has 0 fully saturated rings. The second-order valence-electron chi connectivity index (χ2n) is 6.17. The first-order chi connectivity index (χ1) is 12.9. The Kier molecular flexibility index (Phi) is 5.59. The van der Waals surface area contributed by atoms with Gasteiger partial charge in [-0.05, 0) is 30.2 Å². The lowest BCUT2D eigenvalue weighted by Crippen LogP contribution is -2.21. The lowest BCUT2D eigenvalue weighted by molar-refractivity contribution is -0.115. The van der Waals surface area contributed by atoms with E-state index in [1.54, 1.807) is 28.8 Å². The SMILES string of the molecule is C#CCn1c(=NC(=O)CS(=O)(=O)Cc2ccccc2)sc2cc(C)ccc21. The summed E-state index contributed by atoms with van der Waals surface area (Å²) in [5.41, 5.74) is 2.60. The Labute approximate surface area is 161 Å². The van der Waals surface area contributed by atoms with Crippen LogP contribution in [-0.2, 0) is 26.9 Å². The third-order valence-corrected chi connectivity index (χ3v) is 6.38. The summed E-state index contributed by atoms with van der Waals surface area (Å²) in [5.74, 6) is 1.03. The maximum absolute atomic E-state index is 12.3. The van der Waals surface area contributed by atoms with E-state index in [0.717, 1.165) is 15.8 Å². The number of hydrogen-bond acceptors (Lipinski definition) is 4. The molecule has 27 heavy (non-hydrogen) atoms. The molecule has 2 aromatic carbocycles. The average Bonchev–Trinajstić information content (AvgIpc) is 2.91. The highest BCUT2D eigenvalue weighted by Crippen LogP contribution is 2.18. The van der Waals surface area contributed by atoms with E-state index in [0.29, 0.717) is 10.4 Å².